The minimum absolute atomic E-state index is 0.00259. The normalized spacial score (nSPS) is 24.8. The van der Waals surface area contributed by atoms with E-state index >= 15 is 0 Å². The fourth-order valence-corrected chi connectivity index (χ4v) is 2.04. The molecule has 0 radical (unpaired) electrons. The van der Waals surface area contributed by atoms with Crippen molar-refractivity contribution in [1.29, 1.82) is 0 Å². The first kappa shape index (κ1) is 11.5. The molecule has 0 spiro atoms. The lowest BCUT2D eigenvalue weighted by Crippen LogP contribution is -2.49. The standard InChI is InChI=1S/C10H20N2O2/c1-8(13)9-4-2-3-7-12(9)10(14)5-6-11/h8-9,13H,2-7,11H2,1H3/t8-,9-/m1/s1. The van der Waals surface area contributed by atoms with E-state index in [1.807, 2.05) is 0 Å². The molecule has 0 aromatic carbocycles. The number of aliphatic hydroxyl groups excluding tert-OH is 1. The Kier molecular flexibility index (Phi) is 4.35. The van der Waals surface area contributed by atoms with Crippen molar-refractivity contribution in [2.75, 3.05) is 13.1 Å². The number of likely N-dealkylation sites (tertiary alicyclic amines) is 1. The number of nitrogens with two attached hydrogens (primary N) is 1. The molecule has 1 rings (SSSR count). The molecular weight excluding hydrogens is 180 g/mol. The highest BCUT2D eigenvalue weighted by molar-refractivity contribution is 5.76. The molecule has 0 aromatic rings. The molecule has 82 valence electrons. The summed E-state index contributed by atoms with van der Waals surface area (Å²) in [4.78, 5) is 13.4. The highest BCUT2D eigenvalue weighted by Gasteiger charge is 2.28. The van der Waals surface area contributed by atoms with Crippen LogP contribution >= 0.6 is 0 Å². The second-order valence-corrected chi connectivity index (χ2v) is 3.93. The third kappa shape index (κ3) is 2.69. The second-order valence-electron chi connectivity index (χ2n) is 3.93. The van der Waals surface area contributed by atoms with E-state index in [1.54, 1.807) is 11.8 Å². The van der Waals surface area contributed by atoms with Crippen LogP contribution in [-0.2, 0) is 4.79 Å². The molecular formula is C10H20N2O2. The van der Waals surface area contributed by atoms with Crippen LogP contribution in [0.15, 0.2) is 0 Å². The van der Waals surface area contributed by atoms with Crippen LogP contribution in [0, 0.1) is 0 Å². The predicted octanol–water partition coefficient (Wildman–Crippen LogP) is 0.0971. The molecule has 4 heteroatoms. The Morgan fingerprint density at radius 1 is 1.64 bits per heavy atom. The maximum absolute atomic E-state index is 11.6. The number of carbonyl (C=O) groups is 1. The largest absolute Gasteiger partial charge is 0.391 e. The van der Waals surface area contributed by atoms with Crippen molar-refractivity contribution in [2.45, 2.75) is 44.8 Å². The zero-order valence-corrected chi connectivity index (χ0v) is 8.78. The van der Waals surface area contributed by atoms with Crippen LogP contribution in [0.1, 0.15) is 32.6 Å². The molecule has 4 nitrogen and oxygen atoms in total. The molecule has 1 aliphatic heterocycles. The summed E-state index contributed by atoms with van der Waals surface area (Å²) in [6, 6.07) is 0.00259. The van der Waals surface area contributed by atoms with Crippen molar-refractivity contribution in [3.05, 3.63) is 0 Å². The van der Waals surface area contributed by atoms with Crippen molar-refractivity contribution >= 4 is 5.91 Å². The predicted molar refractivity (Wildman–Crippen MR) is 54.7 cm³/mol. The zero-order valence-electron chi connectivity index (χ0n) is 8.78. The zero-order chi connectivity index (χ0) is 10.6. The van der Waals surface area contributed by atoms with Crippen molar-refractivity contribution in [2.24, 2.45) is 5.73 Å². The lowest BCUT2D eigenvalue weighted by molar-refractivity contribution is -0.137. The second kappa shape index (κ2) is 5.32. The molecule has 1 heterocycles. The fourth-order valence-electron chi connectivity index (χ4n) is 2.04. The summed E-state index contributed by atoms with van der Waals surface area (Å²) in [5.74, 6) is 0.0816. The van der Waals surface area contributed by atoms with Crippen LogP contribution in [-0.4, -0.2) is 41.1 Å². The van der Waals surface area contributed by atoms with E-state index in [0.29, 0.717) is 13.0 Å². The van der Waals surface area contributed by atoms with Crippen LogP contribution in [0.3, 0.4) is 0 Å². The van der Waals surface area contributed by atoms with Crippen molar-refractivity contribution in [1.82, 2.24) is 4.90 Å². The van der Waals surface area contributed by atoms with Gasteiger partial charge in [-0.3, -0.25) is 4.79 Å². The minimum atomic E-state index is -0.433. The molecule has 1 fully saturated rings. The van der Waals surface area contributed by atoms with E-state index in [2.05, 4.69) is 0 Å². The molecule has 1 amide bonds. The quantitative estimate of drug-likeness (QED) is 0.679. The molecule has 2 atom stereocenters. The lowest BCUT2D eigenvalue weighted by atomic mass is 9.98. The maximum Gasteiger partial charge on any atom is 0.224 e. The SMILES string of the molecule is C[C@@H](O)[C@H]1CCCCN1C(=O)CCN. The Morgan fingerprint density at radius 3 is 2.93 bits per heavy atom. The van der Waals surface area contributed by atoms with Crippen LogP contribution in [0.25, 0.3) is 0 Å². The smallest absolute Gasteiger partial charge is 0.224 e. The number of amides is 1. The van der Waals surface area contributed by atoms with Crippen LogP contribution in [0.4, 0.5) is 0 Å². The van der Waals surface area contributed by atoms with Gasteiger partial charge in [-0.2, -0.15) is 0 Å². The van der Waals surface area contributed by atoms with Gasteiger partial charge in [0.1, 0.15) is 0 Å². The van der Waals surface area contributed by atoms with Gasteiger partial charge in [-0.05, 0) is 26.2 Å². The van der Waals surface area contributed by atoms with Crippen LogP contribution < -0.4 is 5.73 Å². The maximum atomic E-state index is 11.6. The summed E-state index contributed by atoms with van der Waals surface area (Å²) < 4.78 is 0. The molecule has 3 N–H and O–H groups in total. The average molecular weight is 200 g/mol. The van der Waals surface area contributed by atoms with Gasteiger partial charge in [0.25, 0.3) is 0 Å². The van der Waals surface area contributed by atoms with Crippen LogP contribution in [0.5, 0.6) is 0 Å². The molecule has 0 aromatic heterocycles. The van der Waals surface area contributed by atoms with E-state index < -0.39 is 6.10 Å². The Labute approximate surface area is 85.1 Å². The van der Waals surface area contributed by atoms with Gasteiger partial charge < -0.3 is 15.7 Å². The molecule has 1 aliphatic rings. The molecule has 14 heavy (non-hydrogen) atoms. The van der Waals surface area contributed by atoms with Crippen molar-refractivity contribution in [3.8, 4) is 0 Å². The number of rotatable bonds is 3. The molecule has 0 bridgehead atoms. The Hall–Kier alpha value is -0.610. The first-order chi connectivity index (χ1) is 6.66. The minimum Gasteiger partial charge on any atom is -0.391 e. The number of aliphatic hydroxyl groups is 1. The van der Waals surface area contributed by atoms with E-state index in [1.165, 1.54) is 0 Å². The summed E-state index contributed by atoms with van der Waals surface area (Å²) in [5.41, 5.74) is 5.35. The van der Waals surface area contributed by atoms with Crippen molar-refractivity contribution < 1.29 is 9.90 Å². The van der Waals surface area contributed by atoms with Gasteiger partial charge >= 0.3 is 0 Å². The number of piperidine rings is 1. The summed E-state index contributed by atoms with van der Waals surface area (Å²) in [7, 11) is 0. The molecule has 0 saturated carbocycles. The Morgan fingerprint density at radius 2 is 2.36 bits per heavy atom. The first-order valence-corrected chi connectivity index (χ1v) is 5.34. The van der Waals surface area contributed by atoms with Gasteiger partial charge in [-0.15, -0.1) is 0 Å². The number of hydrogen-bond donors (Lipinski definition) is 2. The van der Waals surface area contributed by atoms with Gasteiger partial charge in [0.15, 0.2) is 0 Å². The molecule has 0 unspecified atom stereocenters. The number of carbonyl (C=O) groups excluding carboxylic acids is 1. The van der Waals surface area contributed by atoms with E-state index in [-0.39, 0.29) is 11.9 Å². The Balaban J connectivity index is 2.57. The van der Waals surface area contributed by atoms with E-state index in [4.69, 9.17) is 5.73 Å². The fraction of sp³-hybridized carbons (Fsp3) is 0.900. The van der Waals surface area contributed by atoms with Crippen molar-refractivity contribution in [3.63, 3.8) is 0 Å². The monoisotopic (exact) mass is 200 g/mol. The molecule has 0 aliphatic carbocycles. The third-order valence-electron chi connectivity index (χ3n) is 2.78. The van der Waals surface area contributed by atoms with Crippen LogP contribution in [0.2, 0.25) is 0 Å². The van der Waals surface area contributed by atoms with Gasteiger partial charge in [0, 0.05) is 19.5 Å². The summed E-state index contributed by atoms with van der Waals surface area (Å²) in [6.45, 7) is 2.91. The van der Waals surface area contributed by atoms with Gasteiger partial charge in [-0.25, -0.2) is 0 Å². The lowest BCUT2D eigenvalue weighted by Gasteiger charge is -2.37. The highest BCUT2D eigenvalue weighted by atomic mass is 16.3. The first-order valence-electron chi connectivity index (χ1n) is 5.34. The third-order valence-corrected chi connectivity index (χ3v) is 2.78. The topological polar surface area (TPSA) is 66.6 Å². The Bertz CT molecular complexity index is 195. The number of hydrogen-bond acceptors (Lipinski definition) is 3. The molecule has 1 saturated heterocycles. The highest BCUT2D eigenvalue weighted by Crippen LogP contribution is 2.20. The van der Waals surface area contributed by atoms with E-state index in [0.717, 1.165) is 25.8 Å². The summed E-state index contributed by atoms with van der Waals surface area (Å²) in [6.07, 6.45) is 3.01. The average Bonchev–Trinajstić information content (AvgIpc) is 2.18. The van der Waals surface area contributed by atoms with E-state index in [9.17, 15) is 9.90 Å². The van der Waals surface area contributed by atoms with Gasteiger partial charge in [-0.1, -0.05) is 0 Å². The summed E-state index contributed by atoms with van der Waals surface area (Å²) in [5, 5.41) is 9.54. The summed E-state index contributed by atoms with van der Waals surface area (Å²) >= 11 is 0. The van der Waals surface area contributed by atoms with Gasteiger partial charge in [0.05, 0.1) is 12.1 Å². The van der Waals surface area contributed by atoms with Gasteiger partial charge in [0.2, 0.25) is 5.91 Å². The number of nitrogens with zero attached hydrogens (tertiary/aromatic N) is 1.